The molecule has 0 amide bonds. The van der Waals surface area contributed by atoms with Crippen molar-refractivity contribution in [2.75, 3.05) is 11.4 Å². The highest BCUT2D eigenvalue weighted by molar-refractivity contribution is 7.93. The van der Waals surface area contributed by atoms with Crippen molar-refractivity contribution in [2.45, 2.75) is 45.1 Å². The van der Waals surface area contributed by atoms with Crippen molar-refractivity contribution in [1.29, 1.82) is 0 Å². The maximum absolute atomic E-state index is 13.5. The van der Waals surface area contributed by atoms with Crippen molar-refractivity contribution in [3.8, 4) is 5.75 Å². The number of hydrogen-bond acceptors (Lipinski definition) is 3. The molecule has 0 radical (unpaired) electrons. The molecule has 0 N–H and O–H groups in total. The fourth-order valence-corrected chi connectivity index (χ4v) is 5.82. The molecule has 128 valence electrons. The van der Waals surface area contributed by atoms with Crippen molar-refractivity contribution in [1.82, 2.24) is 0 Å². The first kappa shape index (κ1) is 16.8. The summed E-state index contributed by atoms with van der Waals surface area (Å²) in [5.41, 5.74) is 4.20. The van der Waals surface area contributed by atoms with Crippen LogP contribution in [0.3, 0.4) is 0 Å². The van der Waals surface area contributed by atoms with Gasteiger partial charge in [0, 0.05) is 6.04 Å². The van der Waals surface area contributed by atoms with Crippen molar-refractivity contribution in [3.05, 3.63) is 52.6 Å². The lowest BCUT2D eigenvalue weighted by molar-refractivity contribution is 0.410. The smallest absolute Gasteiger partial charge is 0.265 e. The van der Waals surface area contributed by atoms with Gasteiger partial charge in [-0.05, 0) is 68.5 Å². The van der Waals surface area contributed by atoms with E-state index < -0.39 is 10.0 Å². The van der Waals surface area contributed by atoms with Crippen LogP contribution in [-0.2, 0) is 16.4 Å². The van der Waals surface area contributed by atoms with E-state index in [2.05, 4.69) is 0 Å². The predicted molar refractivity (Wildman–Crippen MR) is 96.5 cm³/mol. The quantitative estimate of drug-likeness (QED) is 0.851. The first-order valence-electron chi connectivity index (χ1n) is 8.06. The van der Waals surface area contributed by atoms with Crippen LogP contribution >= 0.6 is 0 Å². The van der Waals surface area contributed by atoms with E-state index in [0.29, 0.717) is 10.5 Å². The van der Waals surface area contributed by atoms with Gasteiger partial charge in [0.25, 0.3) is 10.0 Å². The van der Waals surface area contributed by atoms with Crippen molar-refractivity contribution in [3.63, 3.8) is 0 Å². The minimum atomic E-state index is -3.63. The Morgan fingerprint density at radius 1 is 1.12 bits per heavy atom. The number of anilines is 1. The van der Waals surface area contributed by atoms with E-state index >= 15 is 0 Å². The number of hydrogen-bond donors (Lipinski definition) is 0. The van der Waals surface area contributed by atoms with Crippen LogP contribution in [0.25, 0.3) is 0 Å². The van der Waals surface area contributed by atoms with E-state index in [1.807, 2.05) is 58.0 Å². The molecule has 4 nitrogen and oxygen atoms in total. The number of para-hydroxylation sites is 1. The molecular formula is C19H23NO3S. The minimum Gasteiger partial charge on any atom is -0.496 e. The molecule has 1 heterocycles. The van der Waals surface area contributed by atoms with E-state index in [0.717, 1.165) is 34.5 Å². The summed E-state index contributed by atoms with van der Waals surface area (Å²) in [6.45, 7) is 7.53. The lowest BCUT2D eigenvalue weighted by atomic mass is 10.1. The fourth-order valence-electron chi connectivity index (χ4n) is 3.63. The van der Waals surface area contributed by atoms with Crippen LogP contribution in [0.1, 0.15) is 29.2 Å². The summed E-state index contributed by atoms with van der Waals surface area (Å²) in [5, 5.41) is 0. The Labute approximate surface area is 144 Å². The molecule has 1 aliphatic heterocycles. The molecular weight excluding hydrogens is 322 g/mol. The van der Waals surface area contributed by atoms with Gasteiger partial charge >= 0.3 is 0 Å². The highest BCUT2D eigenvalue weighted by atomic mass is 32.2. The predicted octanol–water partition coefficient (Wildman–Crippen LogP) is 3.76. The molecule has 0 saturated heterocycles. The largest absolute Gasteiger partial charge is 0.496 e. The molecule has 0 spiro atoms. The Hall–Kier alpha value is -2.01. The molecule has 0 aromatic heterocycles. The average Bonchev–Trinajstić information content (AvgIpc) is 2.87. The highest BCUT2D eigenvalue weighted by Gasteiger charge is 2.37. The number of fused-ring (bicyclic) bond motifs is 1. The van der Waals surface area contributed by atoms with Crippen LogP contribution in [-0.4, -0.2) is 21.6 Å². The Morgan fingerprint density at radius 3 is 2.46 bits per heavy atom. The Kier molecular flexibility index (Phi) is 4.08. The lowest BCUT2D eigenvalue weighted by Crippen LogP contribution is -2.36. The van der Waals surface area contributed by atoms with Crippen LogP contribution in [0.15, 0.2) is 35.2 Å². The molecule has 1 aliphatic rings. The highest BCUT2D eigenvalue weighted by Crippen LogP contribution is 2.39. The number of sulfonamides is 1. The summed E-state index contributed by atoms with van der Waals surface area (Å²) < 4.78 is 33.9. The normalized spacial score (nSPS) is 17.0. The number of ether oxygens (including phenoxy) is 1. The third kappa shape index (κ3) is 2.38. The molecule has 0 fully saturated rings. The van der Waals surface area contributed by atoms with Crippen molar-refractivity contribution in [2.24, 2.45) is 0 Å². The number of methoxy groups -OCH3 is 1. The summed E-state index contributed by atoms with van der Waals surface area (Å²) >= 11 is 0. The monoisotopic (exact) mass is 345 g/mol. The minimum absolute atomic E-state index is 0.0893. The standard InChI is InChI=1S/C19H23NO3S/c1-12-10-18(23-5)14(3)15(4)19(12)24(21,22)20-13(2)11-16-8-6-7-9-17(16)20/h6-10,13H,11H2,1-5H3. The zero-order valence-corrected chi connectivity index (χ0v) is 15.6. The third-order valence-electron chi connectivity index (χ3n) is 4.86. The maximum atomic E-state index is 13.5. The second-order valence-corrected chi connectivity index (χ2v) is 8.21. The van der Waals surface area contributed by atoms with Gasteiger partial charge in [-0.25, -0.2) is 8.42 Å². The van der Waals surface area contributed by atoms with Crippen molar-refractivity contribution >= 4 is 15.7 Å². The summed E-state index contributed by atoms with van der Waals surface area (Å²) in [7, 11) is -2.03. The molecule has 2 aromatic rings. The average molecular weight is 345 g/mol. The van der Waals surface area contributed by atoms with Gasteiger partial charge in [-0.2, -0.15) is 0 Å². The van der Waals surface area contributed by atoms with Gasteiger partial charge in [0.1, 0.15) is 5.75 Å². The van der Waals surface area contributed by atoms with Gasteiger partial charge in [0.05, 0.1) is 17.7 Å². The second kappa shape index (κ2) is 5.81. The lowest BCUT2D eigenvalue weighted by Gasteiger charge is -2.27. The molecule has 3 rings (SSSR count). The Balaban J connectivity index is 2.22. The molecule has 0 saturated carbocycles. The first-order valence-corrected chi connectivity index (χ1v) is 9.50. The third-order valence-corrected chi connectivity index (χ3v) is 7.08. The molecule has 5 heteroatoms. The van der Waals surface area contributed by atoms with E-state index in [1.54, 1.807) is 11.4 Å². The summed E-state index contributed by atoms with van der Waals surface area (Å²) in [5.74, 6) is 0.721. The van der Waals surface area contributed by atoms with Crippen LogP contribution in [0.5, 0.6) is 5.75 Å². The number of benzene rings is 2. The van der Waals surface area contributed by atoms with E-state index in [-0.39, 0.29) is 6.04 Å². The van der Waals surface area contributed by atoms with Crippen LogP contribution < -0.4 is 9.04 Å². The van der Waals surface area contributed by atoms with Gasteiger partial charge in [-0.3, -0.25) is 4.31 Å². The molecule has 0 bridgehead atoms. The van der Waals surface area contributed by atoms with Gasteiger partial charge in [-0.15, -0.1) is 0 Å². The molecule has 0 aliphatic carbocycles. The first-order chi connectivity index (χ1) is 11.3. The van der Waals surface area contributed by atoms with Crippen molar-refractivity contribution < 1.29 is 13.2 Å². The molecule has 24 heavy (non-hydrogen) atoms. The van der Waals surface area contributed by atoms with Crippen LogP contribution in [0.2, 0.25) is 0 Å². The fraction of sp³-hybridized carbons (Fsp3) is 0.368. The van der Waals surface area contributed by atoms with Gasteiger partial charge in [-0.1, -0.05) is 18.2 Å². The van der Waals surface area contributed by atoms with Gasteiger partial charge < -0.3 is 4.74 Å². The topological polar surface area (TPSA) is 46.6 Å². The molecule has 1 atom stereocenters. The Bertz CT molecular complexity index is 903. The van der Waals surface area contributed by atoms with E-state index in [9.17, 15) is 8.42 Å². The van der Waals surface area contributed by atoms with Crippen LogP contribution in [0.4, 0.5) is 5.69 Å². The zero-order chi connectivity index (χ0) is 17.6. The Morgan fingerprint density at radius 2 is 1.79 bits per heavy atom. The van der Waals surface area contributed by atoms with Gasteiger partial charge in [0.15, 0.2) is 0 Å². The number of nitrogens with zero attached hydrogens (tertiary/aromatic N) is 1. The maximum Gasteiger partial charge on any atom is 0.265 e. The molecule has 2 aromatic carbocycles. The summed E-state index contributed by atoms with van der Waals surface area (Å²) in [4.78, 5) is 0.393. The second-order valence-electron chi connectivity index (χ2n) is 6.46. The van der Waals surface area contributed by atoms with Gasteiger partial charge in [0.2, 0.25) is 0 Å². The molecule has 1 unspecified atom stereocenters. The number of rotatable bonds is 3. The van der Waals surface area contributed by atoms with Crippen LogP contribution in [0, 0.1) is 20.8 Å². The summed E-state index contributed by atoms with van der Waals surface area (Å²) in [6, 6.07) is 9.45. The zero-order valence-electron chi connectivity index (χ0n) is 14.8. The van der Waals surface area contributed by atoms with E-state index in [1.165, 1.54) is 0 Å². The number of aryl methyl sites for hydroxylation is 1. The summed E-state index contributed by atoms with van der Waals surface area (Å²) in [6.07, 6.45) is 0.739. The van der Waals surface area contributed by atoms with E-state index in [4.69, 9.17) is 4.74 Å². The SMILES string of the molecule is COc1cc(C)c(S(=O)(=O)N2c3ccccc3CC2C)c(C)c1C.